The Balaban J connectivity index is 0.000001000. The Morgan fingerprint density at radius 1 is 1.73 bits per heavy atom. The molecule has 0 bridgehead atoms. The molecule has 1 N–H and O–H groups in total. The van der Waals surface area contributed by atoms with Gasteiger partial charge in [-0.05, 0) is 6.58 Å². The first-order valence-corrected chi connectivity index (χ1v) is 3.44. The average molecular weight is 177 g/mol. The van der Waals surface area contributed by atoms with Crippen LogP contribution in [0.15, 0.2) is 12.3 Å². The summed E-state index contributed by atoms with van der Waals surface area (Å²) in [6.07, 6.45) is 0.887. The van der Waals surface area contributed by atoms with Crippen LogP contribution in [0.1, 0.15) is 0 Å². The highest BCUT2D eigenvalue weighted by Gasteiger charge is 2.18. The van der Waals surface area contributed by atoms with Gasteiger partial charge in [0.2, 0.25) is 6.41 Å². The van der Waals surface area contributed by atoms with Crippen LogP contribution in [-0.2, 0) is 4.79 Å². The van der Waals surface area contributed by atoms with Gasteiger partial charge in [-0.25, -0.2) is 0 Å². The maximum atomic E-state index is 10.3. The van der Waals surface area contributed by atoms with Gasteiger partial charge in [0.1, 0.15) is 5.70 Å². The van der Waals surface area contributed by atoms with E-state index in [1.54, 1.807) is 4.90 Å². The van der Waals surface area contributed by atoms with Crippen LogP contribution in [0.4, 0.5) is 0 Å². The summed E-state index contributed by atoms with van der Waals surface area (Å²) >= 11 is 0. The van der Waals surface area contributed by atoms with Crippen molar-refractivity contribution in [2.24, 2.45) is 0 Å². The zero-order valence-corrected chi connectivity index (χ0v) is 7.40. The van der Waals surface area contributed by atoms with Gasteiger partial charge in [0.15, 0.2) is 0 Å². The van der Waals surface area contributed by atoms with Gasteiger partial charge in [-0.2, -0.15) is 0 Å². The van der Waals surface area contributed by atoms with Gasteiger partial charge >= 0.3 is 0 Å². The molecule has 1 unspecified atom stereocenters. The molecule has 0 aromatic heterocycles. The summed E-state index contributed by atoms with van der Waals surface area (Å²) < 4.78 is 0. The van der Waals surface area contributed by atoms with E-state index in [0.29, 0.717) is 0 Å². The van der Waals surface area contributed by atoms with Crippen molar-refractivity contribution in [1.82, 2.24) is 4.90 Å². The highest BCUT2D eigenvalue weighted by Crippen LogP contribution is 1.90. The van der Waals surface area contributed by atoms with Crippen molar-refractivity contribution in [3.8, 4) is 0 Å². The van der Waals surface area contributed by atoms with E-state index in [-0.39, 0.29) is 12.4 Å². The summed E-state index contributed by atoms with van der Waals surface area (Å²) in [4.78, 5) is 13.4. The van der Waals surface area contributed by atoms with Crippen LogP contribution in [0.2, 0.25) is 0 Å². The molecular formula is C7H13ClN2O. The van der Waals surface area contributed by atoms with E-state index in [4.69, 9.17) is 0 Å². The van der Waals surface area contributed by atoms with Gasteiger partial charge in [-0.3, -0.25) is 4.79 Å². The molecule has 64 valence electrons. The number of rotatable bonds is 1. The second kappa shape index (κ2) is 4.36. The molecule has 0 aliphatic carbocycles. The third kappa shape index (κ3) is 2.52. The Labute approximate surface area is 73.1 Å². The SMILES string of the molecule is C=C1CN(C=O)CC[NH+]1C.[Cl-]. The Hall–Kier alpha value is -0.540. The lowest BCUT2D eigenvalue weighted by atomic mass is 10.3. The first-order chi connectivity index (χ1) is 4.74. The van der Waals surface area contributed by atoms with Crippen LogP contribution in [0, 0.1) is 0 Å². The van der Waals surface area contributed by atoms with E-state index in [0.717, 1.165) is 31.7 Å². The maximum Gasteiger partial charge on any atom is 0.210 e. The zero-order valence-electron chi connectivity index (χ0n) is 6.64. The lowest BCUT2D eigenvalue weighted by Gasteiger charge is -2.28. The summed E-state index contributed by atoms with van der Waals surface area (Å²) in [6.45, 7) is 6.41. The summed E-state index contributed by atoms with van der Waals surface area (Å²) in [7, 11) is 2.07. The van der Waals surface area contributed by atoms with Crippen LogP contribution in [-0.4, -0.2) is 38.0 Å². The molecule has 1 amide bonds. The van der Waals surface area contributed by atoms with Crippen molar-refractivity contribution in [2.75, 3.05) is 26.7 Å². The molecule has 1 saturated heterocycles. The number of carbonyl (C=O) groups excluding carboxylic acids is 1. The van der Waals surface area contributed by atoms with E-state index in [9.17, 15) is 4.79 Å². The molecule has 1 fully saturated rings. The average Bonchev–Trinajstić information content (AvgIpc) is 1.95. The molecule has 11 heavy (non-hydrogen) atoms. The van der Waals surface area contributed by atoms with E-state index in [2.05, 4.69) is 13.6 Å². The largest absolute Gasteiger partial charge is 1.00 e. The summed E-state index contributed by atoms with van der Waals surface area (Å²) in [5, 5.41) is 0. The third-order valence-corrected chi connectivity index (χ3v) is 1.92. The summed E-state index contributed by atoms with van der Waals surface area (Å²) in [5.41, 5.74) is 1.10. The van der Waals surface area contributed by atoms with Gasteiger partial charge in [-0.15, -0.1) is 0 Å². The number of quaternary nitrogens is 1. The Morgan fingerprint density at radius 2 is 2.36 bits per heavy atom. The van der Waals surface area contributed by atoms with Gasteiger partial charge in [0.05, 0.1) is 26.7 Å². The number of hydrogen-bond donors (Lipinski definition) is 1. The van der Waals surface area contributed by atoms with E-state index < -0.39 is 0 Å². The van der Waals surface area contributed by atoms with Gasteiger partial charge in [-0.1, -0.05) is 0 Å². The normalized spacial score (nSPS) is 24.3. The van der Waals surface area contributed by atoms with Crippen LogP contribution >= 0.6 is 0 Å². The number of amides is 1. The first kappa shape index (κ1) is 10.5. The van der Waals surface area contributed by atoms with Crippen molar-refractivity contribution in [2.45, 2.75) is 0 Å². The fourth-order valence-electron chi connectivity index (χ4n) is 1.04. The topological polar surface area (TPSA) is 24.8 Å². The van der Waals surface area contributed by atoms with Crippen LogP contribution < -0.4 is 17.3 Å². The lowest BCUT2D eigenvalue weighted by molar-refractivity contribution is -0.844. The number of carbonyl (C=O) groups is 1. The monoisotopic (exact) mass is 176 g/mol. The minimum Gasteiger partial charge on any atom is -1.00 e. The van der Waals surface area contributed by atoms with Gasteiger partial charge < -0.3 is 22.2 Å². The molecule has 4 heteroatoms. The lowest BCUT2D eigenvalue weighted by Crippen LogP contribution is -3.09. The second-order valence-corrected chi connectivity index (χ2v) is 2.71. The molecular weight excluding hydrogens is 164 g/mol. The Bertz CT molecular complexity index is 161. The quantitative estimate of drug-likeness (QED) is 0.401. The standard InChI is InChI=1S/C7H12N2O.ClH/c1-7-5-9(6-10)4-3-8(7)2;/h6H,1,3-5H2,2H3;1H. The van der Waals surface area contributed by atoms with Crippen LogP contribution in [0.5, 0.6) is 0 Å². The van der Waals surface area contributed by atoms with E-state index in [1.165, 1.54) is 4.90 Å². The molecule has 3 nitrogen and oxygen atoms in total. The fourth-order valence-corrected chi connectivity index (χ4v) is 1.04. The smallest absolute Gasteiger partial charge is 0.210 e. The molecule has 0 aromatic rings. The predicted octanol–water partition coefficient (Wildman–Crippen LogP) is -4.51. The molecule has 1 aliphatic heterocycles. The van der Waals surface area contributed by atoms with Crippen LogP contribution in [0.25, 0.3) is 0 Å². The maximum absolute atomic E-state index is 10.3. The fraction of sp³-hybridized carbons (Fsp3) is 0.571. The molecule has 0 spiro atoms. The highest BCUT2D eigenvalue weighted by atomic mass is 35.5. The van der Waals surface area contributed by atoms with Crippen molar-refractivity contribution in [1.29, 1.82) is 0 Å². The Morgan fingerprint density at radius 3 is 2.82 bits per heavy atom. The van der Waals surface area contributed by atoms with Crippen LogP contribution in [0.3, 0.4) is 0 Å². The molecule has 0 saturated carbocycles. The predicted molar refractivity (Wildman–Crippen MR) is 38.5 cm³/mol. The van der Waals surface area contributed by atoms with Crippen molar-refractivity contribution in [3.63, 3.8) is 0 Å². The first-order valence-electron chi connectivity index (χ1n) is 3.44. The van der Waals surface area contributed by atoms with Crippen molar-refractivity contribution < 1.29 is 22.1 Å². The second-order valence-electron chi connectivity index (χ2n) is 2.71. The number of halogens is 1. The molecule has 1 rings (SSSR count). The van der Waals surface area contributed by atoms with Crippen molar-refractivity contribution >= 4 is 6.41 Å². The highest BCUT2D eigenvalue weighted by molar-refractivity contribution is 5.47. The minimum absolute atomic E-state index is 0. The number of nitrogens with zero attached hydrogens (tertiary/aromatic N) is 1. The minimum atomic E-state index is 0. The molecule has 0 radical (unpaired) electrons. The van der Waals surface area contributed by atoms with Crippen molar-refractivity contribution in [3.05, 3.63) is 12.3 Å². The number of hydrogen-bond acceptors (Lipinski definition) is 1. The Kier molecular flexibility index (Phi) is 4.15. The zero-order chi connectivity index (χ0) is 7.56. The molecule has 0 aromatic carbocycles. The summed E-state index contributed by atoms with van der Waals surface area (Å²) in [5.74, 6) is 0. The molecule has 1 aliphatic rings. The third-order valence-electron chi connectivity index (χ3n) is 1.92. The molecule has 1 atom stereocenters. The van der Waals surface area contributed by atoms with E-state index >= 15 is 0 Å². The van der Waals surface area contributed by atoms with Gasteiger partial charge in [0, 0.05) is 0 Å². The van der Waals surface area contributed by atoms with Gasteiger partial charge in [0.25, 0.3) is 0 Å². The number of piperazine rings is 1. The summed E-state index contributed by atoms with van der Waals surface area (Å²) in [6, 6.07) is 0. The number of likely N-dealkylation sites (N-methyl/N-ethyl adjacent to an activating group) is 1. The molecule has 1 heterocycles. The van der Waals surface area contributed by atoms with E-state index in [1.807, 2.05) is 0 Å². The number of nitrogens with one attached hydrogen (secondary N) is 1.